The lowest BCUT2D eigenvalue weighted by atomic mass is 9.95. The van der Waals surface area contributed by atoms with Crippen LogP contribution in [0.5, 0.6) is 0 Å². The molecule has 3 heteroatoms. The number of cyclic esters (lactones) is 2. The highest BCUT2D eigenvalue weighted by atomic mass is 16.6. The van der Waals surface area contributed by atoms with Gasteiger partial charge in [-0.25, -0.2) is 0 Å². The highest BCUT2D eigenvalue weighted by Crippen LogP contribution is 2.23. The van der Waals surface area contributed by atoms with E-state index in [-0.39, 0.29) is 17.9 Å². The number of hydrogen-bond acceptors (Lipinski definition) is 3. The quantitative estimate of drug-likeness (QED) is 0.179. The first-order chi connectivity index (χ1) is 12.1. The maximum Gasteiger partial charge on any atom is 0.317 e. The maximum atomic E-state index is 11.4. The van der Waals surface area contributed by atoms with Crippen molar-refractivity contribution in [2.24, 2.45) is 11.8 Å². The van der Waals surface area contributed by atoms with Crippen molar-refractivity contribution in [1.29, 1.82) is 0 Å². The summed E-state index contributed by atoms with van der Waals surface area (Å²) in [5, 5.41) is 0. The second kappa shape index (κ2) is 14.3. The van der Waals surface area contributed by atoms with Gasteiger partial charge < -0.3 is 4.74 Å². The Morgan fingerprint density at radius 1 is 0.840 bits per heavy atom. The summed E-state index contributed by atoms with van der Waals surface area (Å²) in [4.78, 5) is 22.4. The van der Waals surface area contributed by atoms with E-state index in [9.17, 15) is 9.59 Å². The standard InChI is InChI=1S/C22H40O3/c1-3-4-5-6-7-9-12-15-19(2)16-13-10-8-11-14-17-20-18-21(23)25-22(20)24/h19-20H,3-18H2,1-2H3. The van der Waals surface area contributed by atoms with Gasteiger partial charge in [0.05, 0.1) is 12.3 Å². The monoisotopic (exact) mass is 352 g/mol. The van der Waals surface area contributed by atoms with Crippen molar-refractivity contribution in [2.45, 2.75) is 117 Å². The number of esters is 2. The summed E-state index contributed by atoms with van der Waals surface area (Å²) >= 11 is 0. The van der Waals surface area contributed by atoms with Crippen LogP contribution in [0.3, 0.4) is 0 Å². The minimum absolute atomic E-state index is 0.158. The largest absolute Gasteiger partial charge is 0.393 e. The molecule has 3 nitrogen and oxygen atoms in total. The molecule has 0 aliphatic carbocycles. The minimum atomic E-state index is -0.343. The predicted octanol–water partition coefficient (Wildman–Crippen LogP) is 6.58. The molecule has 0 spiro atoms. The number of ether oxygens (including phenoxy) is 1. The molecule has 0 aromatic carbocycles. The molecule has 146 valence electrons. The van der Waals surface area contributed by atoms with E-state index in [1.807, 2.05) is 0 Å². The van der Waals surface area contributed by atoms with Crippen LogP contribution in [0.4, 0.5) is 0 Å². The molecule has 0 saturated carbocycles. The molecule has 1 heterocycles. The van der Waals surface area contributed by atoms with E-state index in [0.29, 0.717) is 6.42 Å². The molecule has 0 amide bonds. The topological polar surface area (TPSA) is 43.4 Å². The van der Waals surface area contributed by atoms with Gasteiger partial charge in [0.2, 0.25) is 0 Å². The molecule has 0 aromatic rings. The second-order valence-corrected chi connectivity index (χ2v) is 8.05. The van der Waals surface area contributed by atoms with Crippen molar-refractivity contribution in [3.8, 4) is 0 Å². The Morgan fingerprint density at radius 3 is 1.88 bits per heavy atom. The smallest absolute Gasteiger partial charge is 0.317 e. The molecule has 0 N–H and O–H groups in total. The summed E-state index contributed by atoms with van der Waals surface area (Å²) in [7, 11) is 0. The first kappa shape index (κ1) is 22.2. The molecule has 0 bridgehead atoms. The Kier molecular flexibility index (Phi) is 12.7. The number of hydrogen-bond donors (Lipinski definition) is 0. The SMILES string of the molecule is CCCCCCCCCC(C)CCCCCCCC1CC(=O)OC1=O. The maximum absolute atomic E-state index is 11.4. The Bertz CT molecular complexity index is 364. The van der Waals surface area contributed by atoms with Crippen LogP contribution in [-0.2, 0) is 14.3 Å². The number of rotatable bonds is 16. The van der Waals surface area contributed by atoms with E-state index < -0.39 is 0 Å². The van der Waals surface area contributed by atoms with Crippen molar-refractivity contribution >= 4 is 11.9 Å². The summed E-state index contributed by atoms with van der Waals surface area (Å²) in [6.07, 6.45) is 19.8. The first-order valence-electron chi connectivity index (χ1n) is 10.9. The van der Waals surface area contributed by atoms with Crippen molar-refractivity contribution in [1.82, 2.24) is 0 Å². The Balaban J connectivity index is 1.82. The van der Waals surface area contributed by atoms with Crippen molar-refractivity contribution in [3.05, 3.63) is 0 Å². The third kappa shape index (κ3) is 11.4. The molecule has 1 aliphatic rings. The van der Waals surface area contributed by atoms with Gasteiger partial charge in [0.25, 0.3) is 0 Å². The average molecular weight is 353 g/mol. The van der Waals surface area contributed by atoms with E-state index >= 15 is 0 Å². The van der Waals surface area contributed by atoms with Crippen LogP contribution in [0, 0.1) is 11.8 Å². The Morgan fingerprint density at radius 2 is 1.36 bits per heavy atom. The fourth-order valence-electron chi connectivity index (χ4n) is 3.75. The number of carbonyl (C=O) groups excluding carboxylic acids is 2. The molecule has 0 radical (unpaired) electrons. The first-order valence-corrected chi connectivity index (χ1v) is 10.9. The molecule has 0 aromatic heterocycles. The van der Waals surface area contributed by atoms with Gasteiger partial charge in [-0.1, -0.05) is 104 Å². The van der Waals surface area contributed by atoms with Crippen molar-refractivity contribution in [3.63, 3.8) is 0 Å². The summed E-state index contributed by atoms with van der Waals surface area (Å²) in [5.74, 6) is 0.0681. The fourth-order valence-corrected chi connectivity index (χ4v) is 3.75. The lowest BCUT2D eigenvalue weighted by Gasteiger charge is -2.11. The van der Waals surface area contributed by atoms with Gasteiger partial charge in [-0.3, -0.25) is 9.59 Å². The summed E-state index contributed by atoms with van der Waals surface area (Å²) in [6, 6.07) is 0. The molecular formula is C22H40O3. The normalized spacial score (nSPS) is 18.6. The van der Waals surface area contributed by atoms with Gasteiger partial charge >= 0.3 is 11.9 Å². The van der Waals surface area contributed by atoms with Crippen LogP contribution < -0.4 is 0 Å². The molecule has 1 saturated heterocycles. The van der Waals surface area contributed by atoms with Gasteiger partial charge in [-0.2, -0.15) is 0 Å². The highest BCUT2D eigenvalue weighted by Gasteiger charge is 2.32. The second-order valence-electron chi connectivity index (χ2n) is 8.05. The van der Waals surface area contributed by atoms with Crippen LogP contribution in [0.15, 0.2) is 0 Å². The Hall–Kier alpha value is -0.860. The summed E-state index contributed by atoms with van der Waals surface area (Å²) in [5.41, 5.74) is 0. The zero-order valence-electron chi connectivity index (χ0n) is 16.7. The summed E-state index contributed by atoms with van der Waals surface area (Å²) < 4.78 is 4.58. The van der Waals surface area contributed by atoms with Crippen LogP contribution >= 0.6 is 0 Å². The van der Waals surface area contributed by atoms with E-state index in [2.05, 4.69) is 18.6 Å². The van der Waals surface area contributed by atoms with Crippen LogP contribution in [0.1, 0.15) is 117 Å². The van der Waals surface area contributed by atoms with Crippen LogP contribution in [0.2, 0.25) is 0 Å². The zero-order valence-corrected chi connectivity index (χ0v) is 16.7. The average Bonchev–Trinajstić information content (AvgIpc) is 2.90. The molecule has 1 rings (SSSR count). The lowest BCUT2D eigenvalue weighted by Crippen LogP contribution is -2.07. The van der Waals surface area contributed by atoms with E-state index in [4.69, 9.17) is 0 Å². The molecule has 25 heavy (non-hydrogen) atoms. The lowest BCUT2D eigenvalue weighted by molar-refractivity contribution is -0.153. The predicted molar refractivity (Wildman–Crippen MR) is 103 cm³/mol. The fraction of sp³-hybridized carbons (Fsp3) is 0.909. The molecule has 1 fully saturated rings. The van der Waals surface area contributed by atoms with Gasteiger partial charge in [0.15, 0.2) is 0 Å². The van der Waals surface area contributed by atoms with Crippen LogP contribution in [0.25, 0.3) is 0 Å². The molecule has 1 aliphatic heterocycles. The number of carbonyl (C=O) groups is 2. The van der Waals surface area contributed by atoms with Crippen LogP contribution in [-0.4, -0.2) is 11.9 Å². The van der Waals surface area contributed by atoms with Crippen molar-refractivity contribution < 1.29 is 14.3 Å². The van der Waals surface area contributed by atoms with Crippen molar-refractivity contribution in [2.75, 3.05) is 0 Å². The van der Waals surface area contributed by atoms with Gasteiger partial charge in [-0.15, -0.1) is 0 Å². The molecule has 2 atom stereocenters. The van der Waals surface area contributed by atoms with E-state index in [0.717, 1.165) is 18.8 Å². The molecule has 2 unspecified atom stereocenters. The number of unbranched alkanes of at least 4 members (excludes halogenated alkanes) is 10. The van der Waals surface area contributed by atoms with Gasteiger partial charge in [0.1, 0.15) is 0 Å². The minimum Gasteiger partial charge on any atom is -0.393 e. The third-order valence-electron chi connectivity index (χ3n) is 5.51. The van der Waals surface area contributed by atoms with E-state index in [1.165, 1.54) is 83.5 Å². The van der Waals surface area contributed by atoms with Gasteiger partial charge in [0, 0.05) is 0 Å². The zero-order chi connectivity index (χ0) is 18.3. The Labute approximate surface area is 155 Å². The summed E-state index contributed by atoms with van der Waals surface area (Å²) in [6.45, 7) is 4.68. The third-order valence-corrected chi connectivity index (χ3v) is 5.51. The highest BCUT2D eigenvalue weighted by molar-refractivity contribution is 5.94. The van der Waals surface area contributed by atoms with Gasteiger partial charge in [-0.05, 0) is 12.3 Å². The molecular weight excluding hydrogens is 312 g/mol. The van der Waals surface area contributed by atoms with E-state index in [1.54, 1.807) is 0 Å².